The highest BCUT2D eigenvalue weighted by molar-refractivity contribution is 5.87. The molecule has 0 bridgehead atoms. The Balaban J connectivity index is 1.56. The van der Waals surface area contributed by atoms with Gasteiger partial charge in [-0.25, -0.2) is 0 Å². The lowest BCUT2D eigenvalue weighted by Crippen LogP contribution is -2.31. The Morgan fingerprint density at radius 1 is 0.967 bits per heavy atom. The highest BCUT2D eigenvalue weighted by atomic mass is 16.5. The summed E-state index contributed by atoms with van der Waals surface area (Å²) >= 11 is 0. The fraction of sp³-hybridized carbons (Fsp3) is 0.250. The van der Waals surface area contributed by atoms with Crippen LogP contribution in [0.5, 0.6) is 11.5 Å². The molecule has 0 aliphatic rings. The molecule has 0 aliphatic heterocycles. The molecule has 1 atom stereocenters. The van der Waals surface area contributed by atoms with E-state index in [1.165, 1.54) is 7.11 Å². The summed E-state index contributed by atoms with van der Waals surface area (Å²) in [7, 11) is 3.08. The molecule has 6 nitrogen and oxygen atoms in total. The zero-order valence-electron chi connectivity index (χ0n) is 17.3. The second-order valence-corrected chi connectivity index (χ2v) is 6.87. The number of fused-ring (bicyclic) bond motifs is 1. The van der Waals surface area contributed by atoms with E-state index >= 15 is 0 Å². The predicted molar refractivity (Wildman–Crippen MR) is 115 cm³/mol. The number of esters is 1. The van der Waals surface area contributed by atoms with Gasteiger partial charge in [0, 0.05) is 11.6 Å². The Kier molecular flexibility index (Phi) is 6.91. The third-order valence-corrected chi connectivity index (χ3v) is 4.86. The molecule has 1 N–H and O–H groups in total. The monoisotopic (exact) mass is 407 g/mol. The van der Waals surface area contributed by atoms with E-state index in [1.54, 1.807) is 25.3 Å². The summed E-state index contributed by atoms with van der Waals surface area (Å²) in [6.07, 6.45) is -0.000671. The van der Waals surface area contributed by atoms with E-state index in [4.69, 9.17) is 14.2 Å². The van der Waals surface area contributed by atoms with Gasteiger partial charge in [-0.15, -0.1) is 0 Å². The molecule has 1 amide bonds. The van der Waals surface area contributed by atoms with Crippen LogP contribution in [0.1, 0.15) is 24.1 Å². The third kappa shape index (κ3) is 5.08. The number of hydrogen-bond donors (Lipinski definition) is 1. The van der Waals surface area contributed by atoms with Crippen LogP contribution < -0.4 is 14.8 Å². The Morgan fingerprint density at radius 2 is 1.73 bits per heavy atom. The molecule has 30 heavy (non-hydrogen) atoms. The van der Waals surface area contributed by atoms with Crippen LogP contribution in [0.4, 0.5) is 0 Å². The highest BCUT2D eigenvalue weighted by Crippen LogP contribution is 2.25. The second-order valence-electron chi connectivity index (χ2n) is 6.87. The molecule has 3 rings (SSSR count). The summed E-state index contributed by atoms with van der Waals surface area (Å²) in [6.45, 7) is 1.57. The van der Waals surface area contributed by atoms with Gasteiger partial charge in [0.25, 0.3) is 5.91 Å². The van der Waals surface area contributed by atoms with Gasteiger partial charge < -0.3 is 19.5 Å². The van der Waals surface area contributed by atoms with Crippen LogP contribution in [0.15, 0.2) is 60.7 Å². The fourth-order valence-corrected chi connectivity index (χ4v) is 3.34. The first-order valence-electron chi connectivity index (χ1n) is 9.65. The smallest absolute Gasteiger partial charge is 0.310 e. The fourth-order valence-electron chi connectivity index (χ4n) is 3.34. The molecule has 0 radical (unpaired) electrons. The zero-order chi connectivity index (χ0) is 21.5. The molecule has 3 aromatic carbocycles. The van der Waals surface area contributed by atoms with Crippen molar-refractivity contribution < 1.29 is 23.8 Å². The van der Waals surface area contributed by atoms with Crippen LogP contribution in [0.3, 0.4) is 0 Å². The minimum atomic E-state index is -0.508. The van der Waals surface area contributed by atoms with Crippen molar-refractivity contribution in [1.29, 1.82) is 0 Å². The first kappa shape index (κ1) is 21.2. The molecular weight excluding hydrogens is 382 g/mol. The van der Waals surface area contributed by atoms with Gasteiger partial charge in [-0.3, -0.25) is 9.59 Å². The molecule has 0 saturated carbocycles. The number of hydrogen-bond acceptors (Lipinski definition) is 5. The summed E-state index contributed by atoms with van der Waals surface area (Å²) in [5.74, 6) is 0.294. The van der Waals surface area contributed by atoms with Crippen LogP contribution in [-0.2, 0) is 20.7 Å². The van der Waals surface area contributed by atoms with Gasteiger partial charge >= 0.3 is 5.97 Å². The normalized spacial score (nSPS) is 11.6. The third-order valence-electron chi connectivity index (χ3n) is 4.86. The quantitative estimate of drug-likeness (QED) is 0.575. The number of carbonyl (C=O) groups excluding carboxylic acids is 2. The lowest BCUT2D eigenvalue weighted by atomic mass is 10.00. The highest BCUT2D eigenvalue weighted by Gasteiger charge is 2.15. The van der Waals surface area contributed by atoms with E-state index in [0.29, 0.717) is 17.1 Å². The van der Waals surface area contributed by atoms with Gasteiger partial charge in [-0.2, -0.15) is 0 Å². The van der Waals surface area contributed by atoms with Crippen LogP contribution in [0.25, 0.3) is 10.8 Å². The Labute approximate surface area is 175 Å². The second kappa shape index (κ2) is 9.78. The molecule has 0 heterocycles. The zero-order valence-corrected chi connectivity index (χ0v) is 17.3. The molecule has 156 valence electrons. The van der Waals surface area contributed by atoms with Gasteiger partial charge in [0.15, 0.2) is 6.61 Å². The molecular formula is C24H25NO5. The van der Waals surface area contributed by atoms with Crippen molar-refractivity contribution in [2.75, 3.05) is 20.8 Å². The maximum Gasteiger partial charge on any atom is 0.310 e. The van der Waals surface area contributed by atoms with E-state index in [-0.39, 0.29) is 25.0 Å². The summed E-state index contributed by atoms with van der Waals surface area (Å²) < 4.78 is 15.6. The SMILES string of the molecule is COc1ccc(CC(=O)OCC(=O)N[C@@H](C)c2cccc3ccccc23)c(OC)c1. The van der Waals surface area contributed by atoms with Gasteiger partial charge in [-0.1, -0.05) is 48.5 Å². The summed E-state index contributed by atoms with van der Waals surface area (Å²) in [4.78, 5) is 24.5. The number of nitrogens with one attached hydrogen (secondary N) is 1. The maximum absolute atomic E-state index is 12.3. The minimum absolute atomic E-state index is 0.000671. The van der Waals surface area contributed by atoms with Crippen LogP contribution in [0, 0.1) is 0 Å². The summed E-state index contributed by atoms with van der Waals surface area (Å²) in [5, 5.41) is 5.08. The van der Waals surface area contributed by atoms with Crippen LogP contribution in [0.2, 0.25) is 0 Å². The molecule has 6 heteroatoms. The van der Waals surface area contributed by atoms with Crippen LogP contribution >= 0.6 is 0 Å². The van der Waals surface area contributed by atoms with Crippen molar-refractivity contribution >= 4 is 22.6 Å². The lowest BCUT2D eigenvalue weighted by Gasteiger charge is -2.17. The number of carbonyl (C=O) groups is 2. The van der Waals surface area contributed by atoms with Crippen molar-refractivity contribution in [2.45, 2.75) is 19.4 Å². The van der Waals surface area contributed by atoms with Crippen molar-refractivity contribution in [3.05, 3.63) is 71.8 Å². The van der Waals surface area contributed by atoms with Gasteiger partial charge in [0.1, 0.15) is 11.5 Å². The molecule has 0 aromatic heterocycles. The van der Waals surface area contributed by atoms with Gasteiger partial charge in [0.2, 0.25) is 0 Å². The lowest BCUT2D eigenvalue weighted by molar-refractivity contribution is -0.148. The largest absolute Gasteiger partial charge is 0.497 e. The van der Waals surface area contributed by atoms with Gasteiger partial charge in [0.05, 0.1) is 26.7 Å². The molecule has 0 saturated heterocycles. The van der Waals surface area contributed by atoms with Crippen LogP contribution in [-0.4, -0.2) is 32.7 Å². The maximum atomic E-state index is 12.3. The number of rotatable bonds is 8. The molecule has 0 aliphatic carbocycles. The average Bonchev–Trinajstić information content (AvgIpc) is 2.77. The van der Waals surface area contributed by atoms with E-state index in [0.717, 1.165) is 16.3 Å². The minimum Gasteiger partial charge on any atom is -0.497 e. The van der Waals surface area contributed by atoms with E-state index in [9.17, 15) is 9.59 Å². The Hall–Kier alpha value is -3.54. The molecule has 3 aromatic rings. The van der Waals surface area contributed by atoms with Crippen molar-refractivity contribution in [3.8, 4) is 11.5 Å². The predicted octanol–water partition coefficient (Wildman–Crippen LogP) is 3.82. The first-order valence-corrected chi connectivity index (χ1v) is 9.65. The van der Waals surface area contributed by atoms with E-state index in [1.807, 2.05) is 49.4 Å². The molecule has 0 unspecified atom stereocenters. The molecule has 0 spiro atoms. The summed E-state index contributed by atoms with van der Waals surface area (Å²) in [5.41, 5.74) is 1.67. The number of ether oxygens (including phenoxy) is 3. The first-order chi connectivity index (χ1) is 14.5. The summed E-state index contributed by atoms with van der Waals surface area (Å²) in [6, 6.07) is 18.9. The topological polar surface area (TPSA) is 73.9 Å². The van der Waals surface area contributed by atoms with Crippen molar-refractivity contribution in [3.63, 3.8) is 0 Å². The average molecular weight is 407 g/mol. The van der Waals surface area contributed by atoms with Crippen molar-refractivity contribution in [2.24, 2.45) is 0 Å². The van der Waals surface area contributed by atoms with Crippen molar-refractivity contribution in [1.82, 2.24) is 5.32 Å². The number of benzene rings is 3. The van der Waals surface area contributed by atoms with Gasteiger partial charge in [-0.05, 0) is 29.3 Å². The molecule has 0 fully saturated rings. The number of amides is 1. The Bertz CT molecular complexity index is 1040. The standard InChI is InChI=1S/C24H25NO5/c1-16(20-10-6-8-17-7-4-5-9-21(17)20)25-23(26)15-30-24(27)13-18-11-12-19(28-2)14-22(18)29-3/h4-12,14,16H,13,15H2,1-3H3,(H,25,26)/t16-/m0/s1. The van der Waals surface area contributed by atoms with E-state index < -0.39 is 5.97 Å². The van der Waals surface area contributed by atoms with E-state index in [2.05, 4.69) is 5.32 Å². The number of methoxy groups -OCH3 is 2. The Morgan fingerprint density at radius 3 is 2.50 bits per heavy atom.